The maximum atomic E-state index is 13.4. The van der Waals surface area contributed by atoms with Crippen molar-refractivity contribution < 1.29 is 23.5 Å². The normalized spacial score (nSPS) is 20.4. The third-order valence-electron chi connectivity index (χ3n) is 7.36. The number of hydrogen-bond donors (Lipinski definition) is 1. The number of anilines is 1. The molecule has 1 unspecified atom stereocenters. The van der Waals surface area contributed by atoms with Crippen LogP contribution >= 0.6 is 0 Å². The molecule has 190 valence electrons. The molecular formula is C29H28FN3O4. The lowest BCUT2D eigenvalue weighted by molar-refractivity contribution is -0.181. The van der Waals surface area contributed by atoms with Gasteiger partial charge in [-0.05, 0) is 42.0 Å². The van der Waals surface area contributed by atoms with Crippen molar-refractivity contribution >= 4 is 17.5 Å². The van der Waals surface area contributed by atoms with Crippen LogP contribution in [0.2, 0.25) is 0 Å². The molecule has 2 fully saturated rings. The van der Waals surface area contributed by atoms with Crippen molar-refractivity contribution in [3.05, 3.63) is 101 Å². The number of likely N-dealkylation sites (tertiary alicyclic amines) is 1. The highest BCUT2D eigenvalue weighted by Gasteiger charge is 2.41. The van der Waals surface area contributed by atoms with Gasteiger partial charge < -0.3 is 24.6 Å². The summed E-state index contributed by atoms with van der Waals surface area (Å²) in [7, 11) is 0. The van der Waals surface area contributed by atoms with Crippen LogP contribution in [0.25, 0.3) is 0 Å². The Kier molecular flexibility index (Phi) is 6.14. The molecule has 3 aromatic carbocycles. The van der Waals surface area contributed by atoms with Crippen molar-refractivity contribution in [2.45, 2.75) is 31.3 Å². The summed E-state index contributed by atoms with van der Waals surface area (Å²) in [5, 5.41) is 3.47. The first-order valence-electron chi connectivity index (χ1n) is 12.6. The molecule has 3 aromatic rings. The van der Waals surface area contributed by atoms with E-state index in [-0.39, 0.29) is 17.6 Å². The number of nitrogens with one attached hydrogen (secondary N) is 1. The molecule has 6 rings (SSSR count). The minimum absolute atomic E-state index is 0.0393. The van der Waals surface area contributed by atoms with E-state index < -0.39 is 12.0 Å². The molecule has 3 aliphatic heterocycles. The summed E-state index contributed by atoms with van der Waals surface area (Å²) in [6.07, 6.45) is 0.900. The largest absolute Gasteiger partial charge is 0.361 e. The minimum Gasteiger partial charge on any atom is -0.361 e. The lowest BCUT2D eigenvalue weighted by atomic mass is 10.0. The summed E-state index contributed by atoms with van der Waals surface area (Å²) in [6, 6.07) is 21.0. The van der Waals surface area contributed by atoms with E-state index in [9.17, 15) is 14.0 Å². The number of benzene rings is 3. The van der Waals surface area contributed by atoms with Gasteiger partial charge in [0.2, 0.25) is 0 Å². The average molecular weight is 502 g/mol. The number of carbonyl (C=O) groups is 2. The Hall–Kier alpha value is -3.75. The van der Waals surface area contributed by atoms with Crippen molar-refractivity contribution in [1.82, 2.24) is 9.80 Å². The van der Waals surface area contributed by atoms with Crippen molar-refractivity contribution in [3.63, 3.8) is 0 Å². The zero-order chi connectivity index (χ0) is 25.4. The van der Waals surface area contributed by atoms with E-state index in [1.54, 1.807) is 17.0 Å². The highest BCUT2D eigenvalue weighted by atomic mass is 19.1. The molecule has 2 saturated heterocycles. The standard InChI is InChI=1S/C29H28FN3O4/c30-22-10-8-20(9-11-22)19-33-26(24-6-1-2-7-25(24)28(33)35)31-23-5-3-4-21(18-23)27(34)32-14-12-29(13-15-32)36-16-17-37-29/h1-11,18,26,31H,12-17,19H2. The summed E-state index contributed by atoms with van der Waals surface area (Å²) in [5.74, 6) is -0.981. The number of carbonyl (C=O) groups excluding carboxylic acids is 2. The summed E-state index contributed by atoms with van der Waals surface area (Å²) >= 11 is 0. The molecule has 3 aliphatic rings. The zero-order valence-electron chi connectivity index (χ0n) is 20.4. The molecule has 3 heterocycles. The zero-order valence-corrected chi connectivity index (χ0v) is 20.4. The Morgan fingerprint density at radius 3 is 2.46 bits per heavy atom. The third kappa shape index (κ3) is 4.58. The first-order chi connectivity index (χ1) is 18.0. The van der Waals surface area contributed by atoms with Crippen LogP contribution in [0.5, 0.6) is 0 Å². The van der Waals surface area contributed by atoms with Crippen molar-refractivity contribution in [2.75, 3.05) is 31.6 Å². The number of hydrogen-bond acceptors (Lipinski definition) is 5. The number of amides is 2. The smallest absolute Gasteiger partial charge is 0.256 e. The SMILES string of the molecule is O=C(c1cccc(NC2c3ccccc3C(=O)N2Cc2ccc(F)cc2)c1)N1CCC2(CC1)OCCO2. The van der Waals surface area contributed by atoms with Gasteiger partial charge in [0.25, 0.3) is 11.8 Å². The third-order valence-corrected chi connectivity index (χ3v) is 7.36. The fourth-order valence-electron chi connectivity index (χ4n) is 5.39. The molecular weight excluding hydrogens is 473 g/mol. The van der Waals surface area contributed by atoms with E-state index in [1.807, 2.05) is 53.4 Å². The molecule has 0 radical (unpaired) electrons. The van der Waals surface area contributed by atoms with Crippen LogP contribution < -0.4 is 5.32 Å². The molecule has 37 heavy (non-hydrogen) atoms. The number of nitrogens with zero attached hydrogens (tertiary/aromatic N) is 2. The van der Waals surface area contributed by atoms with Gasteiger partial charge in [-0.15, -0.1) is 0 Å². The Labute approximate surface area is 214 Å². The highest BCUT2D eigenvalue weighted by Crippen LogP contribution is 2.36. The van der Waals surface area contributed by atoms with Gasteiger partial charge in [-0.2, -0.15) is 0 Å². The summed E-state index contributed by atoms with van der Waals surface area (Å²) in [4.78, 5) is 30.2. The Balaban J connectivity index is 1.21. The number of halogens is 1. The lowest BCUT2D eigenvalue weighted by Crippen LogP contribution is -2.47. The topological polar surface area (TPSA) is 71.1 Å². The summed E-state index contributed by atoms with van der Waals surface area (Å²) in [6.45, 7) is 2.68. The van der Waals surface area contributed by atoms with Crippen LogP contribution in [0.3, 0.4) is 0 Å². The molecule has 7 nitrogen and oxygen atoms in total. The monoisotopic (exact) mass is 501 g/mol. The van der Waals surface area contributed by atoms with Gasteiger partial charge in [-0.25, -0.2) is 4.39 Å². The van der Waals surface area contributed by atoms with Crippen LogP contribution in [-0.4, -0.2) is 53.7 Å². The molecule has 1 spiro atoms. The molecule has 1 N–H and O–H groups in total. The predicted molar refractivity (Wildman–Crippen MR) is 135 cm³/mol. The fraction of sp³-hybridized carbons (Fsp3) is 0.310. The Morgan fingerprint density at radius 2 is 1.70 bits per heavy atom. The number of rotatable bonds is 5. The summed E-state index contributed by atoms with van der Waals surface area (Å²) in [5.41, 5.74) is 3.64. The molecule has 0 aliphatic carbocycles. The average Bonchev–Trinajstić information content (AvgIpc) is 3.49. The number of piperidine rings is 1. The number of ether oxygens (including phenoxy) is 2. The lowest BCUT2D eigenvalue weighted by Gasteiger charge is -2.37. The van der Waals surface area contributed by atoms with E-state index in [2.05, 4.69) is 5.32 Å². The Morgan fingerprint density at radius 1 is 0.973 bits per heavy atom. The van der Waals surface area contributed by atoms with Gasteiger partial charge >= 0.3 is 0 Å². The molecule has 0 aromatic heterocycles. The van der Waals surface area contributed by atoms with E-state index in [0.717, 1.165) is 16.8 Å². The van der Waals surface area contributed by atoms with Crippen LogP contribution in [0, 0.1) is 5.82 Å². The maximum absolute atomic E-state index is 13.4. The van der Waals surface area contributed by atoms with Gasteiger partial charge in [0.15, 0.2) is 5.79 Å². The maximum Gasteiger partial charge on any atom is 0.256 e. The Bertz CT molecular complexity index is 1310. The molecule has 2 amide bonds. The number of fused-ring (bicyclic) bond motifs is 1. The first-order valence-corrected chi connectivity index (χ1v) is 12.6. The van der Waals surface area contributed by atoms with Crippen molar-refractivity contribution in [2.24, 2.45) is 0 Å². The van der Waals surface area contributed by atoms with E-state index in [0.29, 0.717) is 56.8 Å². The van der Waals surface area contributed by atoms with E-state index >= 15 is 0 Å². The van der Waals surface area contributed by atoms with Gasteiger partial charge in [-0.3, -0.25) is 9.59 Å². The first kappa shape index (κ1) is 23.6. The van der Waals surface area contributed by atoms with Crippen LogP contribution in [0.15, 0.2) is 72.8 Å². The van der Waals surface area contributed by atoms with Crippen LogP contribution in [0.4, 0.5) is 10.1 Å². The molecule has 1 atom stereocenters. The summed E-state index contributed by atoms with van der Waals surface area (Å²) < 4.78 is 25.0. The van der Waals surface area contributed by atoms with Gasteiger partial charge in [0.1, 0.15) is 12.0 Å². The van der Waals surface area contributed by atoms with E-state index in [4.69, 9.17) is 9.47 Å². The van der Waals surface area contributed by atoms with Gasteiger partial charge in [-0.1, -0.05) is 36.4 Å². The van der Waals surface area contributed by atoms with E-state index in [1.165, 1.54) is 12.1 Å². The molecule has 8 heteroatoms. The quantitative estimate of drug-likeness (QED) is 0.555. The van der Waals surface area contributed by atoms with Gasteiger partial charge in [0.05, 0.1) is 13.2 Å². The van der Waals surface area contributed by atoms with Crippen LogP contribution in [-0.2, 0) is 16.0 Å². The minimum atomic E-state index is -0.531. The van der Waals surface area contributed by atoms with Crippen molar-refractivity contribution in [1.29, 1.82) is 0 Å². The fourth-order valence-corrected chi connectivity index (χ4v) is 5.39. The second kappa shape index (κ2) is 9.61. The highest BCUT2D eigenvalue weighted by molar-refractivity contribution is 5.99. The van der Waals surface area contributed by atoms with Crippen molar-refractivity contribution in [3.8, 4) is 0 Å². The van der Waals surface area contributed by atoms with Gasteiger partial charge in [0, 0.05) is 54.9 Å². The second-order valence-electron chi connectivity index (χ2n) is 9.67. The molecule has 0 saturated carbocycles. The predicted octanol–water partition coefficient (Wildman–Crippen LogP) is 4.57. The second-order valence-corrected chi connectivity index (χ2v) is 9.67. The molecule has 0 bridgehead atoms. The van der Waals surface area contributed by atoms with Crippen LogP contribution in [0.1, 0.15) is 50.9 Å².